The number of hydrogen-bond donors (Lipinski definition) is 1. The fraction of sp³-hybridized carbons (Fsp3) is 0.545. The number of piperazine rings is 1. The summed E-state index contributed by atoms with van der Waals surface area (Å²) in [6.45, 7) is 7.69. The molecule has 2 aromatic rings. The van der Waals surface area contributed by atoms with Crippen LogP contribution in [0.2, 0.25) is 0 Å². The van der Waals surface area contributed by atoms with Crippen LogP contribution < -0.4 is 10.2 Å². The number of benzene rings is 2. The third-order valence-electron chi connectivity index (χ3n) is 7.61. The minimum absolute atomic E-state index is 0.0385. The highest BCUT2D eigenvalue weighted by atomic mass is 16.2. The summed E-state index contributed by atoms with van der Waals surface area (Å²) in [6.07, 6.45) is 6.25. The van der Waals surface area contributed by atoms with Gasteiger partial charge in [0.05, 0.1) is 17.9 Å². The maximum absolute atomic E-state index is 14.3. The van der Waals surface area contributed by atoms with E-state index in [4.69, 9.17) is 0 Å². The number of para-hydroxylation sites is 2. The number of rotatable bonds is 14. The standard InChI is InChI=1S/C33H50N6O3/c1-5-7-15-22-36(23-16-8-6-2)32(41)37-25-26-38(30(27-37)31(40)34-21-24-35(3)4)33(42)39(28-17-11-9-12-18-28)29-19-13-10-14-20-29/h9-14,17-20,30H,5-8,15-16,21-27H2,1-4H3,(H,34,40). The molecule has 1 heterocycles. The first-order chi connectivity index (χ1) is 20.4. The number of carbonyl (C=O) groups excluding carboxylic acids is 3. The predicted molar refractivity (Wildman–Crippen MR) is 170 cm³/mol. The molecule has 9 heteroatoms. The number of likely N-dealkylation sites (N-methyl/N-ethyl adjacent to an activating group) is 1. The lowest BCUT2D eigenvalue weighted by atomic mass is 10.1. The second-order valence-corrected chi connectivity index (χ2v) is 11.2. The van der Waals surface area contributed by atoms with E-state index in [1.54, 1.807) is 14.7 Å². The van der Waals surface area contributed by atoms with E-state index in [0.717, 1.165) is 49.9 Å². The van der Waals surface area contributed by atoms with Crippen molar-refractivity contribution in [1.29, 1.82) is 0 Å². The highest BCUT2D eigenvalue weighted by Crippen LogP contribution is 2.28. The Morgan fingerprint density at radius 2 is 1.31 bits per heavy atom. The van der Waals surface area contributed by atoms with Gasteiger partial charge in [-0.3, -0.25) is 9.69 Å². The summed E-state index contributed by atoms with van der Waals surface area (Å²) < 4.78 is 0. The van der Waals surface area contributed by atoms with Crippen molar-refractivity contribution < 1.29 is 14.4 Å². The van der Waals surface area contributed by atoms with Crippen LogP contribution in [0.25, 0.3) is 0 Å². The van der Waals surface area contributed by atoms with E-state index in [1.165, 1.54) is 0 Å². The SMILES string of the molecule is CCCCCN(CCCCC)C(=O)N1CCN(C(=O)N(c2ccccc2)c2ccccc2)C(C(=O)NCCN(C)C)C1. The molecule has 0 radical (unpaired) electrons. The van der Waals surface area contributed by atoms with E-state index in [9.17, 15) is 14.4 Å². The molecule has 0 saturated carbocycles. The fourth-order valence-corrected chi connectivity index (χ4v) is 5.19. The molecule has 1 saturated heterocycles. The van der Waals surface area contributed by atoms with Crippen molar-refractivity contribution >= 4 is 29.3 Å². The van der Waals surface area contributed by atoms with Crippen LogP contribution in [0, 0.1) is 0 Å². The summed E-state index contributed by atoms with van der Waals surface area (Å²) in [5, 5.41) is 3.01. The van der Waals surface area contributed by atoms with E-state index in [-0.39, 0.29) is 31.1 Å². The van der Waals surface area contributed by atoms with Crippen LogP contribution >= 0.6 is 0 Å². The first kappa shape index (κ1) is 32.9. The molecule has 1 atom stereocenters. The van der Waals surface area contributed by atoms with Crippen LogP contribution in [-0.2, 0) is 4.79 Å². The molecule has 1 N–H and O–H groups in total. The molecule has 1 aliphatic rings. The number of hydrogen-bond acceptors (Lipinski definition) is 4. The number of carbonyl (C=O) groups is 3. The monoisotopic (exact) mass is 578 g/mol. The third kappa shape index (κ3) is 9.48. The number of urea groups is 2. The number of anilines is 2. The van der Waals surface area contributed by atoms with E-state index in [2.05, 4.69) is 19.2 Å². The molecule has 5 amide bonds. The molecule has 230 valence electrons. The van der Waals surface area contributed by atoms with Crippen molar-refractivity contribution in [3.05, 3.63) is 60.7 Å². The van der Waals surface area contributed by atoms with Crippen LogP contribution in [0.15, 0.2) is 60.7 Å². The lowest BCUT2D eigenvalue weighted by Gasteiger charge is -2.43. The molecule has 2 aromatic carbocycles. The maximum atomic E-state index is 14.3. The summed E-state index contributed by atoms with van der Waals surface area (Å²) in [5.41, 5.74) is 1.44. The van der Waals surface area contributed by atoms with Gasteiger partial charge in [-0.1, -0.05) is 75.9 Å². The van der Waals surface area contributed by atoms with Gasteiger partial charge in [-0.05, 0) is 51.2 Å². The smallest absolute Gasteiger partial charge is 0.329 e. The van der Waals surface area contributed by atoms with Crippen molar-refractivity contribution in [2.75, 3.05) is 64.8 Å². The van der Waals surface area contributed by atoms with Crippen LogP contribution in [0.3, 0.4) is 0 Å². The van der Waals surface area contributed by atoms with Gasteiger partial charge in [0.1, 0.15) is 6.04 Å². The average Bonchev–Trinajstić information content (AvgIpc) is 3.00. The molecule has 3 rings (SSSR count). The Bertz CT molecular complexity index is 1050. The van der Waals surface area contributed by atoms with E-state index >= 15 is 0 Å². The van der Waals surface area contributed by atoms with Crippen LogP contribution in [0.1, 0.15) is 52.4 Å². The van der Waals surface area contributed by atoms with Gasteiger partial charge in [-0.15, -0.1) is 0 Å². The lowest BCUT2D eigenvalue weighted by Crippen LogP contribution is -2.64. The molecule has 1 aliphatic heterocycles. The second kappa shape index (κ2) is 17.4. The number of unbranched alkanes of at least 4 members (excludes halogenated alkanes) is 4. The van der Waals surface area contributed by atoms with E-state index in [0.29, 0.717) is 32.7 Å². The minimum atomic E-state index is -0.805. The van der Waals surface area contributed by atoms with Crippen LogP contribution in [0.5, 0.6) is 0 Å². The van der Waals surface area contributed by atoms with Gasteiger partial charge in [-0.25, -0.2) is 9.59 Å². The zero-order valence-corrected chi connectivity index (χ0v) is 26.0. The Kier molecular flexibility index (Phi) is 13.6. The van der Waals surface area contributed by atoms with Crippen molar-refractivity contribution in [3.63, 3.8) is 0 Å². The number of nitrogens with one attached hydrogen (secondary N) is 1. The van der Waals surface area contributed by atoms with Gasteiger partial charge in [0.2, 0.25) is 5.91 Å². The van der Waals surface area contributed by atoms with Gasteiger partial charge >= 0.3 is 12.1 Å². The largest absolute Gasteiger partial charge is 0.353 e. The zero-order valence-electron chi connectivity index (χ0n) is 26.0. The average molecular weight is 579 g/mol. The molecule has 0 spiro atoms. The van der Waals surface area contributed by atoms with Gasteiger partial charge < -0.3 is 24.9 Å². The Morgan fingerprint density at radius 3 is 1.81 bits per heavy atom. The Hall–Kier alpha value is -3.59. The summed E-state index contributed by atoms with van der Waals surface area (Å²) in [6, 6.07) is 17.8. The quantitative estimate of drug-likeness (QED) is 0.304. The molecule has 42 heavy (non-hydrogen) atoms. The molecule has 0 bridgehead atoms. The van der Waals surface area contributed by atoms with Crippen LogP contribution in [0.4, 0.5) is 21.0 Å². The van der Waals surface area contributed by atoms with Gasteiger partial charge in [0, 0.05) is 39.3 Å². The number of amides is 5. The summed E-state index contributed by atoms with van der Waals surface area (Å²) >= 11 is 0. The Balaban J connectivity index is 1.87. The minimum Gasteiger partial charge on any atom is -0.353 e. The van der Waals surface area contributed by atoms with Gasteiger partial charge in [0.15, 0.2) is 0 Å². The zero-order chi connectivity index (χ0) is 30.3. The molecular formula is C33H50N6O3. The second-order valence-electron chi connectivity index (χ2n) is 11.2. The first-order valence-electron chi connectivity index (χ1n) is 15.5. The van der Waals surface area contributed by atoms with Gasteiger partial charge in [0.25, 0.3) is 0 Å². The Morgan fingerprint density at radius 1 is 0.762 bits per heavy atom. The van der Waals surface area contributed by atoms with Crippen molar-refractivity contribution in [1.82, 2.24) is 24.9 Å². The first-order valence-corrected chi connectivity index (χ1v) is 15.5. The molecule has 1 fully saturated rings. The van der Waals surface area contributed by atoms with E-state index < -0.39 is 6.04 Å². The summed E-state index contributed by atoms with van der Waals surface area (Å²) in [4.78, 5) is 50.8. The summed E-state index contributed by atoms with van der Waals surface area (Å²) in [7, 11) is 3.90. The molecule has 9 nitrogen and oxygen atoms in total. The predicted octanol–water partition coefficient (Wildman–Crippen LogP) is 5.41. The van der Waals surface area contributed by atoms with Crippen molar-refractivity contribution in [2.24, 2.45) is 0 Å². The van der Waals surface area contributed by atoms with E-state index in [1.807, 2.05) is 84.6 Å². The van der Waals surface area contributed by atoms with Crippen molar-refractivity contribution in [3.8, 4) is 0 Å². The Labute approximate surface area is 252 Å². The van der Waals surface area contributed by atoms with Gasteiger partial charge in [-0.2, -0.15) is 0 Å². The normalized spacial score (nSPS) is 15.0. The number of nitrogens with zero attached hydrogens (tertiary/aromatic N) is 5. The topological polar surface area (TPSA) is 79.4 Å². The highest BCUT2D eigenvalue weighted by molar-refractivity contribution is 6.01. The van der Waals surface area contributed by atoms with Crippen LogP contribution in [-0.4, -0.2) is 104 Å². The molecule has 0 aliphatic carbocycles. The lowest BCUT2D eigenvalue weighted by molar-refractivity contribution is -0.127. The molecular weight excluding hydrogens is 528 g/mol. The summed E-state index contributed by atoms with van der Waals surface area (Å²) in [5.74, 6) is -0.243. The fourth-order valence-electron chi connectivity index (χ4n) is 5.19. The molecule has 0 aromatic heterocycles. The highest BCUT2D eigenvalue weighted by Gasteiger charge is 2.40. The van der Waals surface area contributed by atoms with Crippen molar-refractivity contribution in [2.45, 2.75) is 58.4 Å². The maximum Gasteiger partial charge on any atom is 0.329 e. The molecule has 1 unspecified atom stereocenters. The third-order valence-corrected chi connectivity index (χ3v) is 7.61.